The van der Waals surface area contributed by atoms with Crippen molar-refractivity contribution in [3.8, 4) is 5.75 Å². The summed E-state index contributed by atoms with van der Waals surface area (Å²) in [5.41, 5.74) is 3.97. The van der Waals surface area contributed by atoms with Crippen LogP contribution in [-0.2, 0) is 4.74 Å². The van der Waals surface area contributed by atoms with Gasteiger partial charge in [0.25, 0.3) is 0 Å². The number of piperidine rings is 1. The minimum Gasteiger partial charge on any atom is -0.488 e. The largest absolute Gasteiger partial charge is 0.488 e. The Bertz CT molecular complexity index is 1050. The number of hydrogen-bond acceptors (Lipinski definition) is 8. The maximum absolute atomic E-state index is 6.67. The van der Waals surface area contributed by atoms with E-state index < -0.39 is 0 Å². The van der Waals surface area contributed by atoms with Gasteiger partial charge < -0.3 is 24.6 Å². The number of fused-ring (bicyclic) bond motifs is 3. The molecule has 5 aliphatic rings. The molecular weight excluding hydrogens is 416 g/mol. The molecule has 0 amide bonds. The van der Waals surface area contributed by atoms with Crippen LogP contribution >= 0.6 is 0 Å². The fraction of sp³-hybridized carbons (Fsp3) is 0.480. The number of anilines is 3. The summed E-state index contributed by atoms with van der Waals surface area (Å²) in [7, 11) is 2.03. The molecule has 3 saturated heterocycles. The Hall–Kier alpha value is -3.13. The zero-order chi connectivity index (χ0) is 22.4. The van der Waals surface area contributed by atoms with Crippen molar-refractivity contribution < 1.29 is 9.47 Å². The highest BCUT2D eigenvalue weighted by atomic mass is 16.5. The second-order valence-electron chi connectivity index (χ2n) is 9.45. The van der Waals surface area contributed by atoms with E-state index in [9.17, 15) is 0 Å². The molecule has 4 fully saturated rings. The van der Waals surface area contributed by atoms with Crippen molar-refractivity contribution in [2.24, 2.45) is 4.99 Å². The fourth-order valence-electron chi connectivity index (χ4n) is 5.29. The monoisotopic (exact) mass is 446 g/mol. The Morgan fingerprint density at radius 1 is 1.09 bits per heavy atom. The van der Waals surface area contributed by atoms with E-state index in [1.54, 1.807) is 12.4 Å². The normalized spacial score (nSPS) is 28.2. The van der Waals surface area contributed by atoms with E-state index in [-0.39, 0.29) is 6.10 Å². The number of benzene rings is 1. The number of allylic oxidation sites excluding steroid dienone is 1. The summed E-state index contributed by atoms with van der Waals surface area (Å²) in [6.45, 7) is 5.99. The molecule has 4 aliphatic heterocycles. The van der Waals surface area contributed by atoms with Crippen molar-refractivity contribution in [2.45, 2.75) is 56.5 Å². The van der Waals surface area contributed by atoms with E-state index in [2.05, 4.69) is 43.8 Å². The first-order chi connectivity index (χ1) is 16.1. The lowest BCUT2D eigenvalue weighted by Crippen LogP contribution is -2.57. The summed E-state index contributed by atoms with van der Waals surface area (Å²) >= 11 is 0. The van der Waals surface area contributed by atoms with Gasteiger partial charge in [-0.15, -0.1) is 0 Å². The van der Waals surface area contributed by atoms with E-state index >= 15 is 0 Å². The van der Waals surface area contributed by atoms with Crippen LogP contribution in [0.25, 0.3) is 0 Å². The molecule has 2 unspecified atom stereocenters. The first-order valence-corrected chi connectivity index (χ1v) is 11.9. The summed E-state index contributed by atoms with van der Waals surface area (Å²) in [6, 6.07) is 6.57. The van der Waals surface area contributed by atoms with E-state index in [1.807, 2.05) is 19.3 Å². The maximum Gasteiger partial charge on any atom is 0.222 e. The molecule has 1 aliphatic carbocycles. The summed E-state index contributed by atoms with van der Waals surface area (Å²) in [4.78, 5) is 17.8. The Morgan fingerprint density at radius 3 is 2.55 bits per heavy atom. The summed E-state index contributed by atoms with van der Waals surface area (Å²) in [5.74, 6) is 1.59. The Balaban J connectivity index is 1.20. The molecule has 0 spiro atoms. The van der Waals surface area contributed by atoms with Crippen LogP contribution in [0.2, 0.25) is 0 Å². The molecule has 7 rings (SSSR count). The van der Waals surface area contributed by atoms with Crippen molar-refractivity contribution in [3.63, 3.8) is 0 Å². The molecule has 1 aromatic heterocycles. The van der Waals surface area contributed by atoms with Crippen LogP contribution < -0.4 is 19.9 Å². The smallest absolute Gasteiger partial charge is 0.222 e. The van der Waals surface area contributed by atoms with Crippen molar-refractivity contribution in [1.29, 1.82) is 0 Å². The van der Waals surface area contributed by atoms with Crippen molar-refractivity contribution >= 4 is 29.2 Å². The van der Waals surface area contributed by atoms with Crippen LogP contribution in [-0.4, -0.2) is 60.7 Å². The summed E-state index contributed by atoms with van der Waals surface area (Å²) in [5, 5.41) is 3.45. The number of rotatable bonds is 5. The molecule has 1 aromatic carbocycles. The molecule has 8 heteroatoms. The van der Waals surface area contributed by atoms with Crippen molar-refractivity contribution in [2.75, 3.05) is 35.3 Å². The lowest BCUT2D eigenvalue weighted by molar-refractivity contribution is -0.133. The molecule has 172 valence electrons. The van der Waals surface area contributed by atoms with Crippen LogP contribution in [0.3, 0.4) is 0 Å². The SMILES string of the molecule is C=C1C=Nc2cc(N3CC4CC(C3)O4)cc(O[C@H]3CC[C@@H](Nc4ncccn4)CC3)c2N1C. The molecule has 1 saturated carbocycles. The van der Waals surface area contributed by atoms with Crippen molar-refractivity contribution in [1.82, 2.24) is 9.97 Å². The average Bonchev–Trinajstić information content (AvgIpc) is 2.83. The predicted molar refractivity (Wildman–Crippen MR) is 130 cm³/mol. The first kappa shape index (κ1) is 20.5. The van der Waals surface area contributed by atoms with Gasteiger partial charge >= 0.3 is 0 Å². The third kappa shape index (κ3) is 4.04. The first-order valence-electron chi connectivity index (χ1n) is 11.9. The molecule has 2 atom stereocenters. The van der Waals surface area contributed by atoms with E-state index in [0.29, 0.717) is 24.2 Å². The highest BCUT2D eigenvalue weighted by molar-refractivity contribution is 5.96. The third-order valence-corrected chi connectivity index (χ3v) is 7.15. The molecule has 1 N–H and O–H groups in total. The van der Waals surface area contributed by atoms with Crippen LogP contribution in [0.1, 0.15) is 32.1 Å². The Morgan fingerprint density at radius 2 is 1.82 bits per heavy atom. The van der Waals surface area contributed by atoms with E-state index in [4.69, 9.17) is 14.5 Å². The van der Waals surface area contributed by atoms with Crippen LogP contribution in [0, 0.1) is 0 Å². The summed E-state index contributed by atoms with van der Waals surface area (Å²) < 4.78 is 12.5. The third-order valence-electron chi connectivity index (χ3n) is 7.15. The highest BCUT2D eigenvalue weighted by Crippen LogP contribution is 2.46. The number of nitrogens with zero attached hydrogens (tertiary/aromatic N) is 5. The van der Waals surface area contributed by atoms with Crippen LogP contribution in [0.5, 0.6) is 5.75 Å². The second-order valence-corrected chi connectivity index (χ2v) is 9.45. The van der Waals surface area contributed by atoms with Gasteiger partial charge in [0.15, 0.2) is 0 Å². The number of morpholine rings is 1. The van der Waals surface area contributed by atoms with Crippen LogP contribution in [0.4, 0.5) is 23.0 Å². The predicted octanol–water partition coefficient (Wildman–Crippen LogP) is 3.92. The minimum absolute atomic E-state index is 0.171. The number of aliphatic imine (C=N–C) groups is 1. The van der Waals surface area contributed by atoms with Gasteiger partial charge in [-0.2, -0.15) is 0 Å². The van der Waals surface area contributed by atoms with Gasteiger partial charge in [-0.3, -0.25) is 4.99 Å². The quantitative estimate of drug-likeness (QED) is 0.746. The summed E-state index contributed by atoms with van der Waals surface area (Å²) in [6.07, 6.45) is 11.4. The number of aromatic nitrogens is 2. The molecule has 2 aromatic rings. The second kappa shape index (κ2) is 8.33. The van der Waals surface area contributed by atoms with Gasteiger partial charge in [0.1, 0.15) is 11.4 Å². The van der Waals surface area contributed by atoms with E-state index in [1.165, 1.54) is 6.42 Å². The van der Waals surface area contributed by atoms with E-state index in [0.717, 1.165) is 67.3 Å². The standard InChI is InChI=1S/C25H30N6O2/c1-16-13-28-22-10-18(31-14-20-12-21(15-31)32-20)11-23(24(22)30(16)2)33-19-6-4-17(5-7-19)29-25-26-8-3-9-27-25/h3,8-11,13,17,19-21H,1,4-7,12,14-15H2,2H3,(H,26,27,29)/t17-,19+,20?,21?. The van der Waals surface area contributed by atoms with Crippen LogP contribution in [0.15, 0.2) is 47.9 Å². The zero-order valence-electron chi connectivity index (χ0n) is 19.0. The maximum atomic E-state index is 6.67. The zero-order valence-corrected chi connectivity index (χ0v) is 19.0. The molecular formula is C25H30N6O2. The number of nitrogens with one attached hydrogen (secondary N) is 1. The Labute approximate surface area is 194 Å². The number of ether oxygens (including phenoxy) is 2. The lowest BCUT2D eigenvalue weighted by atomic mass is 9.93. The number of hydrogen-bond donors (Lipinski definition) is 1. The molecule has 2 bridgehead atoms. The van der Waals surface area contributed by atoms with Crippen molar-refractivity contribution in [3.05, 3.63) is 42.9 Å². The van der Waals surface area contributed by atoms with Gasteiger partial charge in [0.2, 0.25) is 5.95 Å². The van der Waals surface area contributed by atoms with Gasteiger partial charge in [-0.25, -0.2) is 9.97 Å². The van der Waals surface area contributed by atoms with Gasteiger partial charge in [0.05, 0.1) is 35.9 Å². The fourth-order valence-corrected chi connectivity index (χ4v) is 5.29. The molecule has 5 heterocycles. The van der Waals surface area contributed by atoms with Gasteiger partial charge in [-0.05, 0) is 37.8 Å². The van der Waals surface area contributed by atoms with Gasteiger partial charge in [0, 0.05) is 56.7 Å². The molecule has 0 radical (unpaired) electrons. The molecule has 33 heavy (non-hydrogen) atoms. The average molecular weight is 447 g/mol. The topological polar surface area (TPSA) is 75.1 Å². The van der Waals surface area contributed by atoms with Gasteiger partial charge in [-0.1, -0.05) is 6.58 Å². The Kier molecular flexibility index (Phi) is 5.17. The highest BCUT2D eigenvalue weighted by Gasteiger charge is 2.39. The lowest BCUT2D eigenvalue weighted by Gasteiger charge is -2.48. The molecule has 8 nitrogen and oxygen atoms in total. The minimum atomic E-state index is 0.171.